The van der Waals surface area contributed by atoms with Gasteiger partial charge in [0.25, 0.3) is 0 Å². The highest BCUT2D eigenvalue weighted by Gasteiger charge is 2.28. The average molecular weight is 295 g/mol. The summed E-state index contributed by atoms with van der Waals surface area (Å²) in [5.41, 5.74) is 0. The number of rotatable bonds is 6. The largest absolute Gasteiger partial charge is 0.480 e. The summed E-state index contributed by atoms with van der Waals surface area (Å²) in [7, 11) is -4.75. The van der Waals surface area contributed by atoms with Crippen molar-refractivity contribution in [3.8, 4) is 0 Å². The molecule has 1 rings (SSSR count). The van der Waals surface area contributed by atoms with Gasteiger partial charge in [-0.15, -0.1) is 0 Å². The summed E-state index contributed by atoms with van der Waals surface area (Å²) in [6, 6.07) is -1.46. The van der Waals surface area contributed by atoms with Gasteiger partial charge in [0.1, 0.15) is 0 Å². The van der Waals surface area contributed by atoms with E-state index in [1.165, 1.54) is 0 Å². The maximum absolute atomic E-state index is 11.8. The molecule has 0 spiro atoms. The quantitative estimate of drug-likeness (QED) is 0.516. The lowest BCUT2D eigenvalue weighted by atomic mass is 9.88. The Morgan fingerprint density at radius 3 is 2.32 bits per heavy atom. The van der Waals surface area contributed by atoms with Crippen LogP contribution in [0.5, 0.6) is 0 Å². The van der Waals surface area contributed by atoms with E-state index in [1.807, 2.05) is 0 Å². The monoisotopic (exact) mass is 295 g/mol. The van der Waals surface area contributed by atoms with Gasteiger partial charge < -0.3 is 20.2 Å². The highest BCUT2D eigenvalue weighted by molar-refractivity contribution is 7.46. The van der Waals surface area contributed by atoms with Gasteiger partial charge in [-0.3, -0.25) is 9.32 Å². The SMILES string of the molecule is O=C(N[C@@H](COP(=O)(O)O)C(=O)O)C1CCCCC1. The van der Waals surface area contributed by atoms with Crippen molar-refractivity contribution < 1.29 is 33.6 Å². The molecular formula is C10H18NO7P. The number of carboxylic acids is 1. The molecule has 0 aromatic carbocycles. The van der Waals surface area contributed by atoms with Crippen LogP contribution in [0, 0.1) is 5.92 Å². The molecule has 0 bridgehead atoms. The molecule has 110 valence electrons. The Balaban J connectivity index is 2.50. The van der Waals surface area contributed by atoms with Gasteiger partial charge in [-0.1, -0.05) is 19.3 Å². The third-order valence-electron chi connectivity index (χ3n) is 3.00. The first-order valence-electron chi connectivity index (χ1n) is 6.03. The van der Waals surface area contributed by atoms with Gasteiger partial charge >= 0.3 is 13.8 Å². The minimum absolute atomic E-state index is 0.231. The molecule has 0 unspecified atom stereocenters. The molecule has 0 heterocycles. The van der Waals surface area contributed by atoms with Crippen molar-refractivity contribution in [2.75, 3.05) is 6.61 Å². The molecule has 4 N–H and O–H groups in total. The molecule has 1 saturated carbocycles. The molecule has 1 fully saturated rings. The van der Waals surface area contributed by atoms with Crippen molar-refractivity contribution in [1.82, 2.24) is 5.32 Å². The number of hydrogen-bond acceptors (Lipinski definition) is 4. The van der Waals surface area contributed by atoms with Gasteiger partial charge in [0.05, 0.1) is 6.61 Å². The van der Waals surface area contributed by atoms with Crippen LogP contribution in [-0.2, 0) is 18.7 Å². The van der Waals surface area contributed by atoms with Gasteiger partial charge in [-0.05, 0) is 12.8 Å². The lowest BCUT2D eigenvalue weighted by Gasteiger charge is -2.23. The van der Waals surface area contributed by atoms with E-state index in [2.05, 4.69) is 9.84 Å². The van der Waals surface area contributed by atoms with Crippen molar-refractivity contribution in [2.24, 2.45) is 5.92 Å². The maximum Gasteiger partial charge on any atom is 0.469 e. The first-order chi connectivity index (χ1) is 8.79. The van der Waals surface area contributed by atoms with Crippen molar-refractivity contribution in [2.45, 2.75) is 38.1 Å². The van der Waals surface area contributed by atoms with Crippen LogP contribution in [0.3, 0.4) is 0 Å². The van der Waals surface area contributed by atoms with Crippen molar-refractivity contribution in [3.05, 3.63) is 0 Å². The summed E-state index contributed by atoms with van der Waals surface area (Å²) in [4.78, 5) is 39.7. The summed E-state index contributed by atoms with van der Waals surface area (Å²) >= 11 is 0. The Hall–Kier alpha value is -0.950. The molecular weight excluding hydrogens is 277 g/mol. The van der Waals surface area contributed by atoms with Crippen molar-refractivity contribution >= 4 is 19.7 Å². The van der Waals surface area contributed by atoms with Gasteiger partial charge in [0.2, 0.25) is 5.91 Å². The minimum atomic E-state index is -4.75. The van der Waals surface area contributed by atoms with Crippen LogP contribution in [0.25, 0.3) is 0 Å². The van der Waals surface area contributed by atoms with E-state index in [9.17, 15) is 14.2 Å². The number of aliphatic carboxylic acids is 1. The number of phosphoric ester groups is 1. The van der Waals surface area contributed by atoms with E-state index < -0.39 is 32.3 Å². The first kappa shape index (κ1) is 16.1. The Morgan fingerprint density at radius 1 is 1.26 bits per heavy atom. The molecule has 0 aromatic rings. The number of carboxylic acid groups (broad SMARTS) is 1. The molecule has 19 heavy (non-hydrogen) atoms. The van der Waals surface area contributed by atoms with Crippen LogP contribution in [0.2, 0.25) is 0 Å². The van der Waals surface area contributed by atoms with Gasteiger partial charge in [-0.2, -0.15) is 0 Å². The van der Waals surface area contributed by atoms with E-state index in [4.69, 9.17) is 14.9 Å². The smallest absolute Gasteiger partial charge is 0.469 e. The third kappa shape index (κ3) is 6.15. The minimum Gasteiger partial charge on any atom is -0.480 e. The van der Waals surface area contributed by atoms with E-state index >= 15 is 0 Å². The van der Waals surface area contributed by atoms with E-state index in [1.54, 1.807) is 0 Å². The van der Waals surface area contributed by atoms with Crippen molar-refractivity contribution in [1.29, 1.82) is 0 Å². The number of nitrogens with one attached hydrogen (secondary N) is 1. The summed E-state index contributed by atoms with van der Waals surface area (Å²) < 4.78 is 14.6. The molecule has 0 radical (unpaired) electrons. The van der Waals surface area contributed by atoms with Crippen LogP contribution in [0.1, 0.15) is 32.1 Å². The number of carbonyl (C=O) groups excluding carboxylic acids is 1. The third-order valence-corrected chi connectivity index (χ3v) is 3.49. The zero-order valence-electron chi connectivity index (χ0n) is 10.3. The standard InChI is InChI=1S/C10H18NO7P/c12-9(7-4-2-1-3-5-7)11-8(10(13)14)6-18-19(15,16)17/h7-8H,1-6H2,(H,11,12)(H,13,14)(H2,15,16,17)/t8-/m0/s1. The molecule has 1 atom stereocenters. The second kappa shape index (κ2) is 7.00. The van der Waals surface area contributed by atoms with Crippen LogP contribution in [0.15, 0.2) is 0 Å². The predicted molar refractivity (Wildman–Crippen MR) is 64.1 cm³/mol. The van der Waals surface area contributed by atoms with Crippen LogP contribution in [-0.4, -0.2) is 39.4 Å². The fourth-order valence-corrected chi connectivity index (χ4v) is 2.34. The predicted octanol–water partition coefficient (Wildman–Crippen LogP) is 0.245. The zero-order valence-corrected chi connectivity index (χ0v) is 11.2. The number of amides is 1. The zero-order chi connectivity index (χ0) is 14.5. The molecule has 0 saturated heterocycles. The molecule has 1 aliphatic rings. The average Bonchev–Trinajstić information content (AvgIpc) is 2.33. The molecule has 9 heteroatoms. The second-order valence-corrected chi connectivity index (χ2v) is 5.76. The first-order valence-corrected chi connectivity index (χ1v) is 7.56. The fraction of sp³-hybridized carbons (Fsp3) is 0.800. The number of carbonyl (C=O) groups is 2. The molecule has 1 aliphatic carbocycles. The van der Waals surface area contributed by atoms with Gasteiger partial charge in [0, 0.05) is 5.92 Å². The van der Waals surface area contributed by atoms with E-state index in [0.29, 0.717) is 12.8 Å². The highest BCUT2D eigenvalue weighted by atomic mass is 31.2. The maximum atomic E-state index is 11.8. The second-order valence-electron chi connectivity index (χ2n) is 4.52. The summed E-state index contributed by atoms with van der Waals surface area (Å²) in [5.74, 6) is -2.02. The van der Waals surface area contributed by atoms with Gasteiger partial charge in [0.15, 0.2) is 6.04 Å². The van der Waals surface area contributed by atoms with E-state index in [0.717, 1.165) is 19.3 Å². The fourth-order valence-electron chi connectivity index (χ4n) is 2.00. The Kier molecular flexibility index (Phi) is 5.93. The highest BCUT2D eigenvalue weighted by Crippen LogP contribution is 2.35. The Labute approximate surface area is 110 Å². The van der Waals surface area contributed by atoms with Crippen molar-refractivity contribution in [3.63, 3.8) is 0 Å². The molecule has 0 aliphatic heterocycles. The number of hydrogen-bond donors (Lipinski definition) is 4. The lowest BCUT2D eigenvalue weighted by Crippen LogP contribution is -2.46. The molecule has 0 aromatic heterocycles. The summed E-state index contributed by atoms with van der Waals surface area (Å²) in [5, 5.41) is 11.1. The Morgan fingerprint density at radius 2 is 1.84 bits per heavy atom. The summed E-state index contributed by atoms with van der Waals surface area (Å²) in [6.07, 6.45) is 4.33. The van der Waals surface area contributed by atoms with Crippen LogP contribution >= 0.6 is 7.82 Å². The topological polar surface area (TPSA) is 133 Å². The lowest BCUT2D eigenvalue weighted by molar-refractivity contribution is -0.143. The summed E-state index contributed by atoms with van der Waals surface area (Å²) in [6.45, 7) is -0.766. The van der Waals surface area contributed by atoms with Crippen LogP contribution in [0.4, 0.5) is 0 Å². The molecule has 8 nitrogen and oxygen atoms in total. The van der Waals surface area contributed by atoms with E-state index in [-0.39, 0.29) is 5.92 Å². The number of phosphoric acid groups is 1. The van der Waals surface area contributed by atoms with Crippen LogP contribution < -0.4 is 5.32 Å². The van der Waals surface area contributed by atoms with Gasteiger partial charge in [-0.25, -0.2) is 9.36 Å². The normalized spacial score (nSPS) is 18.8. The molecule has 1 amide bonds. The Bertz CT molecular complexity index is 374.